The average Bonchev–Trinajstić information content (AvgIpc) is 2.33. The summed E-state index contributed by atoms with van der Waals surface area (Å²) in [6.07, 6.45) is 0. The number of rotatable bonds is 3. The fourth-order valence-electron chi connectivity index (χ4n) is 1.79. The summed E-state index contributed by atoms with van der Waals surface area (Å²) >= 11 is 0. The third kappa shape index (κ3) is 2.24. The molecule has 0 aliphatic rings. The van der Waals surface area contributed by atoms with E-state index in [4.69, 9.17) is 0 Å². The zero-order chi connectivity index (χ0) is 10.5. The first-order chi connectivity index (χ1) is 7.42. The molecule has 15 heavy (non-hydrogen) atoms. The first-order valence-corrected chi connectivity index (χ1v) is 5.14. The van der Waals surface area contributed by atoms with Gasteiger partial charge in [0, 0.05) is 0 Å². The van der Waals surface area contributed by atoms with Crippen molar-refractivity contribution in [2.75, 3.05) is 0 Å². The molecule has 1 heteroatoms. The van der Waals surface area contributed by atoms with Gasteiger partial charge >= 0.3 is 91.2 Å². The van der Waals surface area contributed by atoms with Gasteiger partial charge in [-0.15, -0.1) is 0 Å². The number of benzene rings is 2. The Morgan fingerprint density at radius 1 is 0.733 bits per heavy atom. The molecule has 0 N–H and O–H groups in total. The molecular formula is C14H13B. The van der Waals surface area contributed by atoms with Crippen LogP contribution in [-0.2, 0) is 0 Å². The van der Waals surface area contributed by atoms with Crippen LogP contribution in [0.4, 0.5) is 0 Å². The summed E-state index contributed by atoms with van der Waals surface area (Å²) in [4.78, 5) is 0. The molecule has 2 rings (SSSR count). The fraction of sp³-hybridized carbons (Fsp3) is 0.0714. The first kappa shape index (κ1) is 9.91. The van der Waals surface area contributed by atoms with Gasteiger partial charge in [0.25, 0.3) is 0 Å². The van der Waals surface area contributed by atoms with Gasteiger partial charge in [-0.25, -0.2) is 0 Å². The van der Waals surface area contributed by atoms with Crippen LogP contribution in [0.2, 0.25) is 0 Å². The van der Waals surface area contributed by atoms with E-state index in [1.54, 1.807) is 0 Å². The molecule has 0 aliphatic heterocycles. The molecule has 72 valence electrons. The molecule has 0 saturated carbocycles. The quantitative estimate of drug-likeness (QED) is 0.655. The van der Waals surface area contributed by atoms with Crippen LogP contribution in [0.5, 0.6) is 0 Å². The molecule has 0 radical (unpaired) electrons. The Bertz CT molecular complexity index is 380. The third-order valence-electron chi connectivity index (χ3n) is 2.55. The molecule has 2 aromatic carbocycles. The van der Waals surface area contributed by atoms with Crippen molar-refractivity contribution in [3.63, 3.8) is 0 Å². The van der Waals surface area contributed by atoms with Crippen molar-refractivity contribution >= 4 is 13.5 Å². The molecular weight excluding hydrogens is 179 g/mol. The van der Waals surface area contributed by atoms with Gasteiger partial charge in [0.05, 0.1) is 0 Å². The van der Waals surface area contributed by atoms with E-state index < -0.39 is 0 Å². The summed E-state index contributed by atoms with van der Waals surface area (Å²) in [7, 11) is 3.91. The topological polar surface area (TPSA) is 0 Å². The van der Waals surface area contributed by atoms with Gasteiger partial charge in [0.2, 0.25) is 0 Å². The Morgan fingerprint density at radius 3 is 1.47 bits per heavy atom. The summed E-state index contributed by atoms with van der Waals surface area (Å²) in [5.41, 5.74) is 2.58. The van der Waals surface area contributed by atoms with Crippen LogP contribution in [0.1, 0.15) is 17.0 Å². The number of hydrogen-bond acceptors (Lipinski definition) is 0. The Labute approximate surface area is 91.7 Å². The second-order valence-electron chi connectivity index (χ2n) is 3.53. The van der Waals surface area contributed by atoms with Crippen LogP contribution in [0, 0.1) is 0 Å². The minimum atomic E-state index is 0.299. The van der Waals surface area contributed by atoms with Crippen LogP contribution in [0.15, 0.2) is 60.7 Å². The van der Waals surface area contributed by atoms with E-state index in [2.05, 4.69) is 56.0 Å². The molecule has 0 aliphatic carbocycles. The SMILES string of the molecule is B=CC(c1ccccc1)c1ccccc1. The van der Waals surface area contributed by atoms with Crippen molar-refractivity contribution < 1.29 is 0 Å². The van der Waals surface area contributed by atoms with E-state index in [1.807, 2.05) is 18.1 Å². The molecule has 0 atom stereocenters. The van der Waals surface area contributed by atoms with E-state index in [-0.39, 0.29) is 0 Å². The Kier molecular flexibility index (Phi) is 3.13. The van der Waals surface area contributed by atoms with Crippen molar-refractivity contribution in [2.45, 2.75) is 5.92 Å². The summed E-state index contributed by atoms with van der Waals surface area (Å²) in [5.74, 6) is 2.29. The van der Waals surface area contributed by atoms with E-state index in [9.17, 15) is 0 Å². The first-order valence-electron chi connectivity index (χ1n) is 5.14. The zero-order valence-electron chi connectivity index (χ0n) is 8.64. The fourth-order valence-corrected chi connectivity index (χ4v) is 1.79. The zero-order valence-corrected chi connectivity index (χ0v) is 8.64. The van der Waals surface area contributed by atoms with Crippen LogP contribution in [0.25, 0.3) is 0 Å². The average molecular weight is 192 g/mol. The van der Waals surface area contributed by atoms with Gasteiger partial charge < -0.3 is 0 Å². The van der Waals surface area contributed by atoms with E-state index in [1.165, 1.54) is 11.1 Å². The summed E-state index contributed by atoms with van der Waals surface area (Å²) < 4.78 is 0. The molecule has 0 spiro atoms. The van der Waals surface area contributed by atoms with Crippen LogP contribution in [-0.4, -0.2) is 13.5 Å². The standard InChI is InChI=1S/C14H13B/c15-11-14(12-7-3-1-4-8-12)13-9-5-2-6-10-13/h1-11,14-15H. The van der Waals surface area contributed by atoms with Gasteiger partial charge in [0.1, 0.15) is 0 Å². The van der Waals surface area contributed by atoms with Crippen LogP contribution < -0.4 is 0 Å². The van der Waals surface area contributed by atoms with Crippen molar-refractivity contribution in [1.29, 1.82) is 0 Å². The Hall–Kier alpha value is -1.63. The van der Waals surface area contributed by atoms with Gasteiger partial charge in [-0.1, -0.05) is 0 Å². The van der Waals surface area contributed by atoms with Crippen molar-refractivity contribution in [3.8, 4) is 0 Å². The van der Waals surface area contributed by atoms with Gasteiger partial charge in [-0.2, -0.15) is 0 Å². The third-order valence-corrected chi connectivity index (χ3v) is 2.55. The summed E-state index contributed by atoms with van der Waals surface area (Å²) in [6.45, 7) is 0. The molecule has 0 bridgehead atoms. The number of hydrogen-bond donors (Lipinski definition) is 0. The van der Waals surface area contributed by atoms with Crippen molar-refractivity contribution in [3.05, 3.63) is 71.8 Å². The van der Waals surface area contributed by atoms with Crippen molar-refractivity contribution in [2.24, 2.45) is 0 Å². The molecule has 0 nitrogen and oxygen atoms in total. The maximum atomic E-state index is 3.91. The predicted molar refractivity (Wildman–Crippen MR) is 67.9 cm³/mol. The van der Waals surface area contributed by atoms with E-state index in [0.717, 1.165) is 0 Å². The Morgan fingerprint density at radius 2 is 1.13 bits per heavy atom. The molecule has 0 fully saturated rings. The Balaban J connectivity index is 2.38. The predicted octanol–water partition coefficient (Wildman–Crippen LogP) is 2.52. The summed E-state index contributed by atoms with van der Waals surface area (Å²) in [5, 5.41) is 0. The molecule has 0 aromatic heterocycles. The molecule has 0 amide bonds. The maximum absolute atomic E-state index is 3.91. The molecule has 2 aromatic rings. The van der Waals surface area contributed by atoms with Gasteiger partial charge in [-0.3, -0.25) is 0 Å². The minimum absolute atomic E-state index is 0.299. The van der Waals surface area contributed by atoms with Crippen LogP contribution >= 0.6 is 0 Å². The van der Waals surface area contributed by atoms with E-state index >= 15 is 0 Å². The van der Waals surface area contributed by atoms with Gasteiger partial charge in [-0.05, 0) is 0 Å². The second-order valence-corrected chi connectivity index (χ2v) is 3.53. The van der Waals surface area contributed by atoms with Crippen LogP contribution in [0.3, 0.4) is 0 Å². The normalized spacial score (nSPS) is 10.1. The van der Waals surface area contributed by atoms with Gasteiger partial charge in [0.15, 0.2) is 0 Å². The van der Waals surface area contributed by atoms with E-state index in [0.29, 0.717) is 5.92 Å². The molecule has 0 unspecified atom stereocenters. The van der Waals surface area contributed by atoms with Crippen molar-refractivity contribution in [1.82, 2.24) is 0 Å². The summed E-state index contributed by atoms with van der Waals surface area (Å²) in [6, 6.07) is 20.9. The molecule has 0 heterocycles. The monoisotopic (exact) mass is 192 g/mol. The second kappa shape index (κ2) is 4.74. The molecule has 0 saturated heterocycles.